The molecule has 0 aliphatic heterocycles. The van der Waals surface area contributed by atoms with Crippen molar-refractivity contribution in [3.05, 3.63) is 35.4 Å². The second-order valence-electron chi connectivity index (χ2n) is 4.13. The molecule has 2 aromatic rings. The largest absolute Gasteiger partial charge is 0.494 e. The van der Waals surface area contributed by atoms with Crippen molar-refractivity contribution >= 4 is 11.9 Å². The van der Waals surface area contributed by atoms with E-state index in [2.05, 4.69) is 20.5 Å². The molecule has 1 unspecified atom stereocenters. The standard InChI is InChI=1S/C12H14FN5O2/c1-6(7-3-4-9(20-2)8(13)5-7)15-11(19)10-16-12(14)18-17-10/h3-6H,1-2H3,(H,15,19)(H3,14,16,17,18). The van der Waals surface area contributed by atoms with E-state index in [-0.39, 0.29) is 17.5 Å². The quantitative estimate of drug-likeness (QED) is 0.775. The molecule has 106 valence electrons. The van der Waals surface area contributed by atoms with Gasteiger partial charge in [0.2, 0.25) is 11.8 Å². The Morgan fingerprint density at radius 1 is 1.55 bits per heavy atom. The van der Waals surface area contributed by atoms with Crippen LogP contribution < -0.4 is 15.8 Å². The van der Waals surface area contributed by atoms with Gasteiger partial charge in [-0.25, -0.2) is 4.39 Å². The number of hydrogen-bond donors (Lipinski definition) is 3. The van der Waals surface area contributed by atoms with Gasteiger partial charge in [0.05, 0.1) is 13.2 Å². The number of amides is 1. The second kappa shape index (κ2) is 5.55. The molecule has 8 heteroatoms. The van der Waals surface area contributed by atoms with E-state index >= 15 is 0 Å². The Hall–Kier alpha value is -2.64. The third-order valence-electron chi connectivity index (χ3n) is 2.74. The molecule has 2 rings (SSSR count). The topological polar surface area (TPSA) is 106 Å². The fraction of sp³-hybridized carbons (Fsp3) is 0.250. The molecular weight excluding hydrogens is 265 g/mol. The number of H-pyrrole nitrogens is 1. The Bertz CT molecular complexity index is 628. The van der Waals surface area contributed by atoms with Gasteiger partial charge in [0.25, 0.3) is 5.91 Å². The number of ether oxygens (including phenoxy) is 1. The molecule has 0 fully saturated rings. The summed E-state index contributed by atoms with van der Waals surface area (Å²) in [4.78, 5) is 15.5. The third kappa shape index (κ3) is 2.85. The van der Waals surface area contributed by atoms with Gasteiger partial charge in [0, 0.05) is 0 Å². The van der Waals surface area contributed by atoms with Crippen molar-refractivity contribution in [1.29, 1.82) is 0 Å². The minimum Gasteiger partial charge on any atom is -0.494 e. The monoisotopic (exact) mass is 279 g/mol. The summed E-state index contributed by atoms with van der Waals surface area (Å²) in [6, 6.07) is 4.06. The molecule has 7 nitrogen and oxygen atoms in total. The summed E-state index contributed by atoms with van der Waals surface area (Å²) in [5.74, 6) is -0.829. The number of nitrogens with zero attached hydrogens (tertiary/aromatic N) is 2. The van der Waals surface area contributed by atoms with E-state index in [4.69, 9.17) is 10.5 Å². The first-order valence-corrected chi connectivity index (χ1v) is 5.83. The number of aromatic amines is 1. The highest BCUT2D eigenvalue weighted by molar-refractivity contribution is 5.90. The van der Waals surface area contributed by atoms with Gasteiger partial charge in [-0.1, -0.05) is 6.07 Å². The van der Waals surface area contributed by atoms with Gasteiger partial charge in [0.1, 0.15) is 0 Å². The Morgan fingerprint density at radius 3 is 2.85 bits per heavy atom. The third-order valence-corrected chi connectivity index (χ3v) is 2.74. The lowest BCUT2D eigenvalue weighted by atomic mass is 10.1. The summed E-state index contributed by atoms with van der Waals surface area (Å²) >= 11 is 0. The maximum absolute atomic E-state index is 13.6. The normalized spacial score (nSPS) is 11.9. The van der Waals surface area contributed by atoms with Crippen LogP contribution >= 0.6 is 0 Å². The fourth-order valence-electron chi connectivity index (χ4n) is 1.68. The Kier molecular flexibility index (Phi) is 3.83. The van der Waals surface area contributed by atoms with Crippen LogP contribution in [-0.2, 0) is 0 Å². The number of carbonyl (C=O) groups excluding carboxylic acids is 1. The molecule has 1 amide bonds. The second-order valence-corrected chi connectivity index (χ2v) is 4.13. The number of aromatic nitrogens is 3. The molecule has 0 bridgehead atoms. The van der Waals surface area contributed by atoms with Crippen molar-refractivity contribution in [3.63, 3.8) is 0 Å². The van der Waals surface area contributed by atoms with Crippen LogP contribution in [0.3, 0.4) is 0 Å². The predicted molar refractivity (Wildman–Crippen MR) is 69.6 cm³/mol. The molecule has 20 heavy (non-hydrogen) atoms. The van der Waals surface area contributed by atoms with E-state index < -0.39 is 17.8 Å². The maximum atomic E-state index is 13.6. The van der Waals surface area contributed by atoms with Crippen molar-refractivity contribution in [1.82, 2.24) is 20.5 Å². The average Bonchev–Trinajstić information content (AvgIpc) is 2.85. The number of anilines is 1. The van der Waals surface area contributed by atoms with Crippen LogP contribution in [0, 0.1) is 5.82 Å². The Balaban J connectivity index is 2.10. The molecule has 1 atom stereocenters. The molecule has 0 saturated carbocycles. The van der Waals surface area contributed by atoms with E-state index in [0.717, 1.165) is 0 Å². The number of nitrogens with one attached hydrogen (secondary N) is 2. The highest BCUT2D eigenvalue weighted by Crippen LogP contribution is 2.21. The van der Waals surface area contributed by atoms with E-state index in [1.807, 2.05) is 0 Å². The van der Waals surface area contributed by atoms with Crippen LogP contribution in [0.2, 0.25) is 0 Å². The molecule has 1 heterocycles. The van der Waals surface area contributed by atoms with E-state index in [1.165, 1.54) is 19.2 Å². The SMILES string of the molecule is COc1ccc(C(C)NC(=O)c2nc(N)n[nH]2)cc1F. The zero-order valence-corrected chi connectivity index (χ0v) is 11.0. The number of methoxy groups -OCH3 is 1. The minimum atomic E-state index is -0.491. The first kappa shape index (κ1) is 13.8. The lowest BCUT2D eigenvalue weighted by Crippen LogP contribution is -2.27. The van der Waals surface area contributed by atoms with Crippen LogP contribution in [0.15, 0.2) is 18.2 Å². The molecule has 1 aromatic heterocycles. The number of benzene rings is 1. The summed E-state index contributed by atoms with van der Waals surface area (Å²) in [5.41, 5.74) is 5.91. The summed E-state index contributed by atoms with van der Waals surface area (Å²) in [6.07, 6.45) is 0. The molecule has 0 saturated heterocycles. The Labute approximate surface area is 114 Å². The number of hydrogen-bond acceptors (Lipinski definition) is 5. The number of carbonyl (C=O) groups is 1. The van der Waals surface area contributed by atoms with Crippen molar-refractivity contribution in [2.45, 2.75) is 13.0 Å². The van der Waals surface area contributed by atoms with Gasteiger partial charge < -0.3 is 15.8 Å². The van der Waals surface area contributed by atoms with E-state index in [9.17, 15) is 9.18 Å². The van der Waals surface area contributed by atoms with Crippen LogP contribution in [0.1, 0.15) is 29.1 Å². The van der Waals surface area contributed by atoms with Crippen LogP contribution in [-0.4, -0.2) is 28.2 Å². The van der Waals surface area contributed by atoms with Gasteiger partial charge in [0.15, 0.2) is 11.6 Å². The van der Waals surface area contributed by atoms with Crippen molar-refractivity contribution < 1.29 is 13.9 Å². The van der Waals surface area contributed by atoms with Gasteiger partial charge in [-0.15, -0.1) is 5.10 Å². The fourth-order valence-corrected chi connectivity index (χ4v) is 1.68. The molecule has 4 N–H and O–H groups in total. The van der Waals surface area contributed by atoms with E-state index in [0.29, 0.717) is 5.56 Å². The average molecular weight is 279 g/mol. The van der Waals surface area contributed by atoms with Crippen molar-refractivity contribution in [3.8, 4) is 5.75 Å². The van der Waals surface area contributed by atoms with Crippen LogP contribution in [0.5, 0.6) is 5.75 Å². The molecule has 0 radical (unpaired) electrons. The smallest absolute Gasteiger partial charge is 0.289 e. The van der Waals surface area contributed by atoms with Gasteiger partial charge in [-0.3, -0.25) is 9.89 Å². The molecule has 0 aliphatic carbocycles. The zero-order valence-electron chi connectivity index (χ0n) is 11.0. The van der Waals surface area contributed by atoms with Gasteiger partial charge in [-0.05, 0) is 24.6 Å². The Morgan fingerprint density at radius 2 is 2.30 bits per heavy atom. The van der Waals surface area contributed by atoms with Crippen molar-refractivity contribution in [2.75, 3.05) is 12.8 Å². The number of rotatable bonds is 4. The van der Waals surface area contributed by atoms with Crippen LogP contribution in [0.25, 0.3) is 0 Å². The highest BCUT2D eigenvalue weighted by Gasteiger charge is 2.16. The maximum Gasteiger partial charge on any atom is 0.289 e. The molecular formula is C12H14FN5O2. The molecule has 1 aromatic carbocycles. The van der Waals surface area contributed by atoms with Gasteiger partial charge >= 0.3 is 0 Å². The predicted octanol–water partition coefficient (Wildman–Crippen LogP) is 1.03. The summed E-state index contributed by atoms with van der Waals surface area (Å²) in [5, 5.41) is 8.61. The lowest BCUT2D eigenvalue weighted by Gasteiger charge is -2.14. The summed E-state index contributed by atoms with van der Waals surface area (Å²) in [6.45, 7) is 1.72. The molecule has 0 aliphatic rings. The van der Waals surface area contributed by atoms with E-state index in [1.54, 1.807) is 13.0 Å². The van der Waals surface area contributed by atoms with Crippen molar-refractivity contribution in [2.24, 2.45) is 0 Å². The lowest BCUT2D eigenvalue weighted by molar-refractivity contribution is 0.0929. The molecule has 0 spiro atoms. The number of nitrogen functional groups attached to an aromatic ring is 1. The summed E-state index contributed by atoms with van der Waals surface area (Å²) in [7, 11) is 1.39. The number of halogens is 1. The summed E-state index contributed by atoms with van der Waals surface area (Å²) < 4.78 is 18.4. The van der Waals surface area contributed by atoms with Gasteiger partial charge in [-0.2, -0.15) is 4.98 Å². The minimum absolute atomic E-state index is 0.00309. The highest BCUT2D eigenvalue weighted by atomic mass is 19.1. The first-order valence-electron chi connectivity index (χ1n) is 5.83. The first-order chi connectivity index (χ1) is 9.51. The van der Waals surface area contributed by atoms with Crippen LogP contribution in [0.4, 0.5) is 10.3 Å². The number of nitrogens with two attached hydrogens (primary N) is 1. The zero-order chi connectivity index (χ0) is 14.7.